The van der Waals surface area contributed by atoms with Gasteiger partial charge < -0.3 is 9.73 Å². The summed E-state index contributed by atoms with van der Waals surface area (Å²) in [6.45, 7) is -1.50. The van der Waals surface area contributed by atoms with Gasteiger partial charge in [0.05, 0.1) is 17.7 Å². The maximum atomic E-state index is 13.2. The van der Waals surface area contributed by atoms with E-state index in [0.29, 0.717) is 11.3 Å². The van der Waals surface area contributed by atoms with Gasteiger partial charge in [-0.3, -0.25) is 9.78 Å². The van der Waals surface area contributed by atoms with Crippen LogP contribution in [-0.4, -0.2) is 36.3 Å². The van der Waals surface area contributed by atoms with Crippen LogP contribution in [-0.2, 0) is 23.1 Å². The minimum atomic E-state index is -4.54. The van der Waals surface area contributed by atoms with Gasteiger partial charge in [-0.25, -0.2) is 8.42 Å². The Balaban J connectivity index is 1.82. The second kappa shape index (κ2) is 9.31. The molecule has 164 valence electrons. The van der Waals surface area contributed by atoms with E-state index >= 15 is 0 Å². The summed E-state index contributed by atoms with van der Waals surface area (Å²) >= 11 is 0. The summed E-state index contributed by atoms with van der Waals surface area (Å²) in [4.78, 5) is 15.7. The Kier molecular flexibility index (Phi) is 6.76. The minimum Gasteiger partial charge on any atom is -0.468 e. The Labute approximate surface area is 176 Å². The Morgan fingerprint density at radius 2 is 1.81 bits per heavy atom. The first-order chi connectivity index (χ1) is 14.6. The van der Waals surface area contributed by atoms with Gasteiger partial charge in [0, 0.05) is 24.5 Å². The number of pyridine rings is 1. The highest BCUT2D eigenvalue weighted by Crippen LogP contribution is 2.22. The first-order valence-corrected chi connectivity index (χ1v) is 10.5. The molecule has 3 rings (SSSR count). The van der Waals surface area contributed by atoms with Gasteiger partial charge in [0.1, 0.15) is 12.3 Å². The van der Waals surface area contributed by atoms with E-state index in [4.69, 9.17) is 4.42 Å². The predicted molar refractivity (Wildman–Crippen MR) is 104 cm³/mol. The zero-order valence-corrected chi connectivity index (χ0v) is 16.9. The average molecular weight is 453 g/mol. The van der Waals surface area contributed by atoms with Crippen molar-refractivity contribution in [3.63, 3.8) is 0 Å². The van der Waals surface area contributed by atoms with Gasteiger partial charge in [0.2, 0.25) is 10.0 Å². The lowest BCUT2D eigenvalue weighted by Gasteiger charge is -2.21. The molecule has 0 radical (unpaired) electrons. The quantitative estimate of drug-likeness (QED) is 0.565. The second-order valence-electron chi connectivity index (χ2n) is 6.54. The highest BCUT2D eigenvalue weighted by atomic mass is 32.2. The molecule has 0 unspecified atom stereocenters. The van der Waals surface area contributed by atoms with Gasteiger partial charge >= 0.3 is 6.18 Å². The van der Waals surface area contributed by atoms with Crippen LogP contribution in [0.5, 0.6) is 0 Å². The molecular weight excluding hydrogens is 435 g/mol. The van der Waals surface area contributed by atoms with Crippen LogP contribution in [0.2, 0.25) is 0 Å². The zero-order chi connectivity index (χ0) is 22.5. The molecule has 1 amide bonds. The van der Waals surface area contributed by atoms with Crippen molar-refractivity contribution >= 4 is 15.9 Å². The van der Waals surface area contributed by atoms with Crippen LogP contribution in [0.4, 0.5) is 13.2 Å². The number of aromatic nitrogens is 1. The maximum Gasteiger partial charge on any atom is 0.405 e. The molecule has 0 bridgehead atoms. The Morgan fingerprint density at radius 1 is 1.06 bits per heavy atom. The number of alkyl halides is 3. The molecule has 7 nitrogen and oxygen atoms in total. The number of nitrogens with one attached hydrogen (secondary N) is 1. The Hall–Kier alpha value is -3.18. The molecule has 0 aliphatic heterocycles. The van der Waals surface area contributed by atoms with Crippen LogP contribution in [0.15, 0.2) is 76.5 Å². The van der Waals surface area contributed by atoms with E-state index < -0.39 is 28.7 Å². The van der Waals surface area contributed by atoms with E-state index in [2.05, 4.69) is 4.98 Å². The van der Waals surface area contributed by atoms with Gasteiger partial charge in [0.25, 0.3) is 5.91 Å². The third-order valence-electron chi connectivity index (χ3n) is 4.20. The van der Waals surface area contributed by atoms with Crippen LogP contribution in [0.1, 0.15) is 21.7 Å². The topological polar surface area (TPSA) is 92.5 Å². The number of carbonyl (C=O) groups is 1. The number of halogens is 3. The summed E-state index contributed by atoms with van der Waals surface area (Å²) in [5, 5.41) is 1.74. The van der Waals surface area contributed by atoms with E-state index in [0.717, 1.165) is 12.1 Å². The van der Waals surface area contributed by atoms with E-state index in [1.54, 1.807) is 42.0 Å². The molecule has 0 saturated heterocycles. The minimum absolute atomic E-state index is 0.0185. The predicted octanol–water partition coefficient (Wildman–Crippen LogP) is 3.36. The third-order valence-corrected chi connectivity index (χ3v) is 6.00. The highest BCUT2D eigenvalue weighted by molar-refractivity contribution is 7.89. The van der Waals surface area contributed by atoms with Gasteiger partial charge in [-0.2, -0.15) is 17.5 Å². The lowest BCUT2D eigenvalue weighted by atomic mass is 10.2. The number of hydrogen-bond donors (Lipinski definition) is 1. The summed E-state index contributed by atoms with van der Waals surface area (Å²) in [6, 6.07) is 11.4. The summed E-state index contributed by atoms with van der Waals surface area (Å²) in [6.07, 6.45) is -0.00762. The number of nitrogens with zero attached hydrogens (tertiary/aromatic N) is 2. The van der Waals surface area contributed by atoms with Gasteiger partial charge in [-0.1, -0.05) is 6.07 Å². The van der Waals surface area contributed by atoms with Gasteiger partial charge in [-0.05, 0) is 48.0 Å². The van der Waals surface area contributed by atoms with Gasteiger partial charge in [-0.15, -0.1) is 0 Å². The number of benzene rings is 1. The van der Waals surface area contributed by atoms with Crippen molar-refractivity contribution in [3.8, 4) is 0 Å². The molecule has 0 saturated carbocycles. The lowest BCUT2D eigenvalue weighted by Crippen LogP contribution is -2.33. The molecule has 0 aliphatic rings. The van der Waals surface area contributed by atoms with Crippen LogP contribution in [0, 0.1) is 0 Å². The van der Waals surface area contributed by atoms with E-state index in [1.165, 1.54) is 22.7 Å². The standard InChI is InChI=1S/C20H18F3N3O4S/c21-20(22,23)14-25-19(27)16-5-7-18(8-6-16)31(28,29)26(13-17-4-2-10-30-17)12-15-3-1-9-24-11-15/h1-11H,12-14H2,(H,25,27). The van der Waals surface area contributed by atoms with Crippen LogP contribution in [0.25, 0.3) is 0 Å². The average Bonchev–Trinajstić information content (AvgIpc) is 3.25. The highest BCUT2D eigenvalue weighted by Gasteiger charge is 2.29. The Morgan fingerprint density at radius 3 is 2.39 bits per heavy atom. The fourth-order valence-corrected chi connectivity index (χ4v) is 4.10. The molecule has 0 atom stereocenters. The van der Waals surface area contributed by atoms with E-state index in [1.807, 2.05) is 0 Å². The van der Waals surface area contributed by atoms with Crippen molar-refractivity contribution in [1.82, 2.24) is 14.6 Å². The maximum absolute atomic E-state index is 13.2. The molecule has 2 aromatic heterocycles. The summed E-state index contributed by atoms with van der Waals surface area (Å²) in [5.74, 6) is -0.528. The molecule has 3 aromatic rings. The normalized spacial score (nSPS) is 12.1. The monoisotopic (exact) mass is 453 g/mol. The number of carbonyl (C=O) groups excluding carboxylic acids is 1. The third kappa shape index (κ3) is 6.15. The molecule has 11 heteroatoms. The van der Waals surface area contributed by atoms with Crippen LogP contribution in [0.3, 0.4) is 0 Å². The summed E-state index contributed by atoms with van der Waals surface area (Å²) in [5.41, 5.74) is 0.564. The number of hydrogen-bond acceptors (Lipinski definition) is 5. The molecular formula is C20H18F3N3O4S. The largest absolute Gasteiger partial charge is 0.468 e. The molecule has 0 spiro atoms. The number of rotatable bonds is 8. The second-order valence-corrected chi connectivity index (χ2v) is 8.47. The van der Waals surface area contributed by atoms with Crippen molar-refractivity contribution in [2.24, 2.45) is 0 Å². The number of furan rings is 1. The molecule has 1 aromatic carbocycles. The van der Waals surface area contributed by atoms with Crippen molar-refractivity contribution in [3.05, 3.63) is 84.1 Å². The van der Waals surface area contributed by atoms with E-state index in [-0.39, 0.29) is 23.5 Å². The molecule has 1 N–H and O–H groups in total. The zero-order valence-electron chi connectivity index (χ0n) is 16.0. The fourth-order valence-electron chi connectivity index (χ4n) is 2.71. The SMILES string of the molecule is O=C(NCC(F)(F)F)c1ccc(S(=O)(=O)N(Cc2cccnc2)Cc2ccco2)cc1. The van der Waals surface area contributed by atoms with Crippen molar-refractivity contribution in [2.75, 3.05) is 6.54 Å². The molecule has 31 heavy (non-hydrogen) atoms. The molecule has 0 aliphatic carbocycles. The van der Waals surface area contributed by atoms with Crippen LogP contribution >= 0.6 is 0 Å². The lowest BCUT2D eigenvalue weighted by molar-refractivity contribution is -0.123. The summed E-state index contributed by atoms with van der Waals surface area (Å²) in [7, 11) is -4.02. The number of sulfonamides is 1. The van der Waals surface area contributed by atoms with Crippen molar-refractivity contribution in [1.29, 1.82) is 0 Å². The Bertz CT molecular complexity index is 1100. The van der Waals surface area contributed by atoms with Crippen molar-refractivity contribution in [2.45, 2.75) is 24.2 Å². The molecule has 2 heterocycles. The van der Waals surface area contributed by atoms with E-state index in [9.17, 15) is 26.4 Å². The summed E-state index contributed by atoms with van der Waals surface area (Å²) < 4.78 is 69.7. The smallest absolute Gasteiger partial charge is 0.405 e. The first kappa shape index (κ1) is 22.5. The molecule has 0 fully saturated rings. The van der Waals surface area contributed by atoms with Gasteiger partial charge in [0.15, 0.2) is 0 Å². The first-order valence-electron chi connectivity index (χ1n) is 9.01. The van der Waals surface area contributed by atoms with Crippen molar-refractivity contribution < 1.29 is 30.8 Å². The fraction of sp³-hybridized carbons (Fsp3) is 0.200. The number of amides is 1. The van der Waals surface area contributed by atoms with Crippen LogP contribution < -0.4 is 5.32 Å².